The predicted octanol–water partition coefficient (Wildman–Crippen LogP) is 2.59. The zero-order valence-corrected chi connectivity index (χ0v) is 9.20. The lowest BCUT2D eigenvalue weighted by Gasteiger charge is -2.25. The topological polar surface area (TPSA) is 23.5 Å². The van der Waals surface area contributed by atoms with Crippen LogP contribution in [0, 0.1) is 0 Å². The molecular formula is C12H19NO. The Morgan fingerprint density at radius 1 is 1.21 bits per heavy atom. The van der Waals surface area contributed by atoms with Crippen LogP contribution in [-0.2, 0) is 0 Å². The second kappa shape index (κ2) is 5.01. The third-order valence-corrected chi connectivity index (χ3v) is 2.49. The molecule has 0 saturated heterocycles. The molecule has 14 heavy (non-hydrogen) atoms. The maximum atomic E-state index is 9.62. The summed E-state index contributed by atoms with van der Waals surface area (Å²) in [4.78, 5) is 2.25. The zero-order chi connectivity index (χ0) is 10.6. The Morgan fingerprint density at radius 3 is 2.29 bits per heavy atom. The normalized spacial score (nSPS) is 12.6. The Hall–Kier alpha value is -1.02. The van der Waals surface area contributed by atoms with Crippen molar-refractivity contribution in [3.63, 3.8) is 0 Å². The van der Waals surface area contributed by atoms with Crippen LogP contribution in [0.4, 0.5) is 5.69 Å². The van der Waals surface area contributed by atoms with Gasteiger partial charge in [-0.25, -0.2) is 0 Å². The van der Waals surface area contributed by atoms with E-state index in [9.17, 15) is 5.11 Å². The summed E-state index contributed by atoms with van der Waals surface area (Å²) in [5, 5.41) is 9.62. The second-order valence-electron chi connectivity index (χ2n) is 3.41. The van der Waals surface area contributed by atoms with Crippen molar-refractivity contribution >= 4 is 5.69 Å². The molecule has 0 spiro atoms. The first-order valence-electron chi connectivity index (χ1n) is 5.22. The van der Waals surface area contributed by atoms with Crippen molar-refractivity contribution in [3.05, 3.63) is 29.8 Å². The van der Waals surface area contributed by atoms with Gasteiger partial charge in [-0.2, -0.15) is 0 Å². The number of hydrogen-bond donors (Lipinski definition) is 1. The first kappa shape index (κ1) is 11.1. The lowest BCUT2D eigenvalue weighted by atomic mass is 10.1. The van der Waals surface area contributed by atoms with E-state index in [0.29, 0.717) is 0 Å². The van der Waals surface area contributed by atoms with Crippen LogP contribution in [-0.4, -0.2) is 18.2 Å². The van der Waals surface area contributed by atoms with Crippen LogP contribution < -0.4 is 4.90 Å². The molecule has 0 saturated carbocycles. The highest BCUT2D eigenvalue weighted by atomic mass is 16.3. The van der Waals surface area contributed by atoms with Gasteiger partial charge in [0, 0.05) is 24.3 Å². The summed E-state index contributed by atoms with van der Waals surface area (Å²) in [6.07, 6.45) is -0.396. The van der Waals surface area contributed by atoms with E-state index >= 15 is 0 Å². The highest BCUT2D eigenvalue weighted by molar-refractivity contribution is 5.54. The lowest BCUT2D eigenvalue weighted by molar-refractivity contribution is 0.199. The Balaban J connectivity index is 3.05. The summed E-state index contributed by atoms with van der Waals surface area (Å²) in [6.45, 7) is 8.01. The number of hydrogen-bond acceptors (Lipinski definition) is 2. The van der Waals surface area contributed by atoms with Gasteiger partial charge in [-0.05, 0) is 26.8 Å². The fraction of sp³-hybridized carbons (Fsp3) is 0.500. The van der Waals surface area contributed by atoms with E-state index < -0.39 is 6.10 Å². The highest BCUT2D eigenvalue weighted by Crippen LogP contribution is 2.25. The number of benzene rings is 1. The van der Waals surface area contributed by atoms with E-state index in [1.165, 1.54) is 0 Å². The van der Waals surface area contributed by atoms with Gasteiger partial charge in [-0.15, -0.1) is 0 Å². The highest BCUT2D eigenvalue weighted by Gasteiger charge is 2.10. The van der Waals surface area contributed by atoms with Gasteiger partial charge in [-0.1, -0.05) is 18.2 Å². The molecule has 1 rings (SSSR count). The Morgan fingerprint density at radius 2 is 1.79 bits per heavy atom. The molecular weight excluding hydrogens is 174 g/mol. The number of rotatable bonds is 4. The quantitative estimate of drug-likeness (QED) is 0.794. The van der Waals surface area contributed by atoms with E-state index in [1.54, 1.807) is 0 Å². The molecule has 1 aromatic carbocycles. The smallest absolute Gasteiger partial charge is 0.0781 e. The number of aliphatic hydroxyl groups excluding tert-OH is 1. The summed E-state index contributed by atoms with van der Waals surface area (Å²) < 4.78 is 0. The maximum Gasteiger partial charge on any atom is 0.0781 e. The molecule has 0 amide bonds. The molecule has 0 aliphatic carbocycles. The average molecular weight is 193 g/mol. The molecule has 78 valence electrons. The minimum absolute atomic E-state index is 0.396. The molecule has 2 heteroatoms. The van der Waals surface area contributed by atoms with Gasteiger partial charge in [-0.3, -0.25) is 0 Å². The largest absolute Gasteiger partial charge is 0.389 e. The van der Waals surface area contributed by atoms with Crippen LogP contribution in [0.1, 0.15) is 32.4 Å². The standard InChI is InChI=1S/C12H19NO/c1-4-13(5-2)12-9-7-6-8-11(12)10(3)14/h6-10,14H,4-5H2,1-3H3/t10-/m1/s1. The minimum atomic E-state index is -0.396. The molecule has 1 N–H and O–H groups in total. The number of nitrogens with zero attached hydrogens (tertiary/aromatic N) is 1. The molecule has 1 atom stereocenters. The van der Waals surface area contributed by atoms with E-state index in [0.717, 1.165) is 24.3 Å². The van der Waals surface area contributed by atoms with Gasteiger partial charge in [0.05, 0.1) is 6.10 Å². The lowest BCUT2D eigenvalue weighted by Crippen LogP contribution is -2.23. The van der Waals surface area contributed by atoms with Gasteiger partial charge in [0.25, 0.3) is 0 Å². The van der Waals surface area contributed by atoms with Crippen LogP contribution >= 0.6 is 0 Å². The van der Waals surface area contributed by atoms with Crippen LogP contribution in [0.25, 0.3) is 0 Å². The first-order chi connectivity index (χ1) is 6.70. The number of aliphatic hydroxyl groups is 1. The van der Waals surface area contributed by atoms with Gasteiger partial charge < -0.3 is 10.0 Å². The molecule has 0 aliphatic heterocycles. The maximum absolute atomic E-state index is 9.62. The van der Waals surface area contributed by atoms with Crippen molar-refractivity contribution < 1.29 is 5.11 Å². The van der Waals surface area contributed by atoms with Gasteiger partial charge >= 0.3 is 0 Å². The number of para-hydroxylation sites is 1. The Bertz CT molecular complexity index is 279. The molecule has 0 heterocycles. The molecule has 0 radical (unpaired) electrons. The van der Waals surface area contributed by atoms with Crippen molar-refractivity contribution in [1.82, 2.24) is 0 Å². The van der Waals surface area contributed by atoms with Crippen LogP contribution in [0.15, 0.2) is 24.3 Å². The summed E-state index contributed by atoms with van der Waals surface area (Å²) >= 11 is 0. The molecule has 0 bridgehead atoms. The minimum Gasteiger partial charge on any atom is -0.389 e. The fourth-order valence-electron chi connectivity index (χ4n) is 1.69. The Kier molecular flexibility index (Phi) is 3.96. The SMILES string of the molecule is CCN(CC)c1ccccc1[C@@H](C)O. The van der Waals surface area contributed by atoms with E-state index in [1.807, 2.05) is 25.1 Å². The fourth-order valence-corrected chi connectivity index (χ4v) is 1.69. The second-order valence-corrected chi connectivity index (χ2v) is 3.41. The van der Waals surface area contributed by atoms with E-state index in [4.69, 9.17) is 0 Å². The third-order valence-electron chi connectivity index (χ3n) is 2.49. The average Bonchev–Trinajstić information content (AvgIpc) is 2.20. The van der Waals surface area contributed by atoms with Crippen LogP contribution in [0.3, 0.4) is 0 Å². The first-order valence-corrected chi connectivity index (χ1v) is 5.22. The van der Waals surface area contributed by atoms with Crippen molar-refractivity contribution in [2.24, 2.45) is 0 Å². The zero-order valence-electron chi connectivity index (χ0n) is 9.20. The molecule has 0 aromatic heterocycles. The molecule has 0 fully saturated rings. The molecule has 0 aliphatic rings. The van der Waals surface area contributed by atoms with Crippen molar-refractivity contribution in [3.8, 4) is 0 Å². The van der Waals surface area contributed by atoms with E-state index in [2.05, 4.69) is 24.8 Å². The van der Waals surface area contributed by atoms with Gasteiger partial charge in [0.1, 0.15) is 0 Å². The summed E-state index contributed by atoms with van der Waals surface area (Å²) in [6, 6.07) is 8.03. The van der Waals surface area contributed by atoms with Gasteiger partial charge in [0.2, 0.25) is 0 Å². The van der Waals surface area contributed by atoms with E-state index in [-0.39, 0.29) is 0 Å². The van der Waals surface area contributed by atoms with Crippen LogP contribution in [0.2, 0.25) is 0 Å². The number of anilines is 1. The Labute approximate surface area is 86.2 Å². The monoisotopic (exact) mass is 193 g/mol. The van der Waals surface area contributed by atoms with Crippen LogP contribution in [0.5, 0.6) is 0 Å². The molecule has 1 aromatic rings. The summed E-state index contributed by atoms with van der Waals surface area (Å²) in [5.74, 6) is 0. The third kappa shape index (κ3) is 2.26. The molecule has 0 unspecified atom stereocenters. The van der Waals surface area contributed by atoms with Gasteiger partial charge in [0.15, 0.2) is 0 Å². The molecule has 2 nitrogen and oxygen atoms in total. The van der Waals surface area contributed by atoms with Crippen molar-refractivity contribution in [2.45, 2.75) is 26.9 Å². The summed E-state index contributed by atoms with van der Waals surface area (Å²) in [7, 11) is 0. The van der Waals surface area contributed by atoms with Crippen molar-refractivity contribution in [1.29, 1.82) is 0 Å². The summed E-state index contributed by atoms with van der Waals surface area (Å²) in [5.41, 5.74) is 2.16. The van der Waals surface area contributed by atoms with Crippen molar-refractivity contribution in [2.75, 3.05) is 18.0 Å². The predicted molar refractivity (Wildman–Crippen MR) is 60.6 cm³/mol.